The van der Waals surface area contributed by atoms with Crippen molar-refractivity contribution in [2.24, 2.45) is 0 Å². The molecule has 0 saturated heterocycles. The molecule has 0 heterocycles. The van der Waals surface area contributed by atoms with Crippen LogP contribution in [0, 0.1) is 0 Å². The lowest BCUT2D eigenvalue weighted by molar-refractivity contribution is -0.142. The fraction of sp³-hybridized carbons (Fsp3) is 0.889. The third-order valence-corrected chi connectivity index (χ3v) is 2.53. The van der Waals surface area contributed by atoms with Crippen LogP contribution < -0.4 is 10.0 Å². The highest BCUT2D eigenvalue weighted by Crippen LogP contribution is 2.01. The first-order chi connectivity index (χ1) is 7.16. The Labute approximate surface area is 96.8 Å². The summed E-state index contributed by atoms with van der Waals surface area (Å²) < 4.78 is 29.2. The summed E-state index contributed by atoms with van der Waals surface area (Å²) in [7, 11) is -3.25. The van der Waals surface area contributed by atoms with E-state index in [1.54, 1.807) is 20.8 Å². The van der Waals surface area contributed by atoms with Gasteiger partial charge in [-0.25, -0.2) is 13.1 Å². The molecule has 0 amide bonds. The van der Waals surface area contributed by atoms with Gasteiger partial charge in [0, 0.05) is 12.1 Å². The van der Waals surface area contributed by atoms with E-state index in [-0.39, 0.29) is 12.5 Å². The molecule has 0 aliphatic heterocycles. The summed E-state index contributed by atoms with van der Waals surface area (Å²) in [6.45, 7) is 5.94. The minimum absolute atomic E-state index is 0.0721. The van der Waals surface area contributed by atoms with Gasteiger partial charge in [0.25, 0.3) is 0 Å². The maximum absolute atomic E-state index is 11.0. The van der Waals surface area contributed by atoms with E-state index in [4.69, 9.17) is 4.74 Å². The first-order valence-electron chi connectivity index (χ1n) is 5.01. The maximum atomic E-state index is 11.0. The summed E-state index contributed by atoms with van der Waals surface area (Å²) in [5.74, 6) is -0.349. The summed E-state index contributed by atoms with van der Waals surface area (Å²) in [5, 5.41) is 2.83. The number of hydrogen-bond donors (Lipinski definition) is 2. The predicted molar refractivity (Wildman–Crippen MR) is 61.6 cm³/mol. The SMILES string of the molecule is CCOC(=O)CNCC(C)(C)NS(C)(=O)=O. The Morgan fingerprint density at radius 2 is 1.94 bits per heavy atom. The number of rotatable bonds is 7. The molecule has 0 rings (SSSR count). The zero-order chi connectivity index (χ0) is 12.8. The van der Waals surface area contributed by atoms with Gasteiger partial charge in [0.2, 0.25) is 10.0 Å². The van der Waals surface area contributed by atoms with Crippen LogP contribution in [-0.2, 0) is 19.6 Å². The normalized spacial score (nSPS) is 12.5. The molecule has 6 nitrogen and oxygen atoms in total. The molecule has 96 valence electrons. The Balaban J connectivity index is 3.96. The number of esters is 1. The molecule has 2 N–H and O–H groups in total. The molecule has 0 spiro atoms. The Hall–Kier alpha value is -0.660. The smallest absolute Gasteiger partial charge is 0.319 e. The molecule has 0 unspecified atom stereocenters. The second kappa shape index (κ2) is 6.17. The minimum Gasteiger partial charge on any atom is -0.465 e. The van der Waals surface area contributed by atoms with Crippen molar-refractivity contribution in [3.8, 4) is 0 Å². The fourth-order valence-electron chi connectivity index (χ4n) is 1.23. The number of carbonyl (C=O) groups is 1. The number of nitrogens with one attached hydrogen (secondary N) is 2. The van der Waals surface area contributed by atoms with Crippen LogP contribution in [0.1, 0.15) is 20.8 Å². The lowest BCUT2D eigenvalue weighted by Crippen LogP contribution is -2.50. The molecule has 0 aliphatic rings. The average Bonchev–Trinajstić information content (AvgIpc) is 1.98. The van der Waals surface area contributed by atoms with E-state index in [1.165, 1.54) is 0 Å². The Bertz CT molecular complexity index is 324. The van der Waals surface area contributed by atoms with Crippen molar-refractivity contribution in [1.82, 2.24) is 10.0 Å². The van der Waals surface area contributed by atoms with E-state index < -0.39 is 15.6 Å². The molecule has 0 aromatic rings. The summed E-state index contributed by atoms with van der Waals surface area (Å²) in [4.78, 5) is 11.0. The van der Waals surface area contributed by atoms with Gasteiger partial charge in [-0.2, -0.15) is 0 Å². The molecular weight excluding hydrogens is 232 g/mol. The van der Waals surface area contributed by atoms with Crippen LogP contribution in [0.2, 0.25) is 0 Å². The molecule has 0 atom stereocenters. The first kappa shape index (κ1) is 15.3. The second-order valence-electron chi connectivity index (χ2n) is 4.17. The summed E-state index contributed by atoms with van der Waals surface area (Å²) >= 11 is 0. The molecule has 0 aromatic heterocycles. The van der Waals surface area contributed by atoms with Gasteiger partial charge in [-0.3, -0.25) is 4.79 Å². The average molecular weight is 252 g/mol. The van der Waals surface area contributed by atoms with Crippen LogP contribution in [0.3, 0.4) is 0 Å². The van der Waals surface area contributed by atoms with Crippen molar-refractivity contribution in [1.29, 1.82) is 0 Å². The van der Waals surface area contributed by atoms with Crippen molar-refractivity contribution in [3.63, 3.8) is 0 Å². The van der Waals surface area contributed by atoms with Crippen molar-refractivity contribution in [2.75, 3.05) is 26.0 Å². The van der Waals surface area contributed by atoms with Crippen molar-refractivity contribution >= 4 is 16.0 Å². The maximum Gasteiger partial charge on any atom is 0.319 e. The van der Waals surface area contributed by atoms with Gasteiger partial charge in [-0.1, -0.05) is 0 Å². The number of ether oxygens (including phenoxy) is 1. The molecule has 0 bridgehead atoms. The van der Waals surface area contributed by atoms with Crippen LogP contribution in [0.4, 0.5) is 0 Å². The van der Waals surface area contributed by atoms with Gasteiger partial charge >= 0.3 is 5.97 Å². The van der Waals surface area contributed by atoms with Gasteiger partial charge in [0.15, 0.2) is 0 Å². The van der Waals surface area contributed by atoms with E-state index in [0.29, 0.717) is 13.2 Å². The van der Waals surface area contributed by atoms with Crippen LogP contribution in [-0.4, -0.2) is 45.9 Å². The van der Waals surface area contributed by atoms with E-state index in [9.17, 15) is 13.2 Å². The second-order valence-corrected chi connectivity index (χ2v) is 5.92. The molecule has 16 heavy (non-hydrogen) atoms. The Morgan fingerprint density at radius 3 is 2.38 bits per heavy atom. The zero-order valence-electron chi connectivity index (χ0n) is 10.2. The molecule has 7 heteroatoms. The van der Waals surface area contributed by atoms with Gasteiger partial charge in [0.05, 0.1) is 19.4 Å². The van der Waals surface area contributed by atoms with Gasteiger partial charge in [-0.05, 0) is 20.8 Å². The minimum atomic E-state index is -3.25. The number of sulfonamides is 1. The highest BCUT2D eigenvalue weighted by Gasteiger charge is 2.21. The standard InChI is InChI=1S/C9H20N2O4S/c1-5-15-8(12)6-10-7-9(2,3)11-16(4,13)14/h10-11H,5-7H2,1-4H3. The number of hydrogen-bond acceptors (Lipinski definition) is 5. The molecular formula is C9H20N2O4S. The lowest BCUT2D eigenvalue weighted by atomic mass is 10.1. The molecule has 0 fully saturated rings. The Morgan fingerprint density at radius 1 is 1.38 bits per heavy atom. The van der Waals surface area contributed by atoms with E-state index in [2.05, 4.69) is 10.0 Å². The van der Waals surface area contributed by atoms with Crippen LogP contribution in [0.15, 0.2) is 0 Å². The van der Waals surface area contributed by atoms with Crippen molar-refractivity contribution in [3.05, 3.63) is 0 Å². The molecule has 0 aromatic carbocycles. The highest BCUT2D eigenvalue weighted by molar-refractivity contribution is 7.88. The summed E-state index contributed by atoms with van der Waals surface area (Å²) in [6.07, 6.45) is 1.10. The van der Waals surface area contributed by atoms with E-state index in [1.807, 2.05) is 0 Å². The summed E-state index contributed by atoms with van der Waals surface area (Å²) in [5.41, 5.74) is -0.639. The third kappa shape index (κ3) is 8.63. The zero-order valence-corrected chi connectivity index (χ0v) is 11.0. The highest BCUT2D eigenvalue weighted by atomic mass is 32.2. The van der Waals surface area contributed by atoms with Crippen LogP contribution >= 0.6 is 0 Å². The van der Waals surface area contributed by atoms with E-state index in [0.717, 1.165) is 6.26 Å². The van der Waals surface area contributed by atoms with Crippen LogP contribution in [0.25, 0.3) is 0 Å². The summed E-state index contributed by atoms with van der Waals surface area (Å²) in [6, 6.07) is 0. The van der Waals surface area contributed by atoms with Gasteiger partial charge in [-0.15, -0.1) is 0 Å². The monoisotopic (exact) mass is 252 g/mol. The molecule has 0 radical (unpaired) electrons. The fourth-order valence-corrected chi connectivity index (χ4v) is 2.30. The Kier molecular flexibility index (Phi) is 5.91. The van der Waals surface area contributed by atoms with Gasteiger partial charge in [0.1, 0.15) is 0 Å². The molecule has 0 aliphatic carbocycles. The van der Waals surface area contributed by atoms with Crippen molar-refractivity contribution < 1.29 is 17.9 Å². The lowest BCUT2D eigenvalue weighted by Gasteiger charge is -2.25. The van der Waals surface area contributed by atoms with Crippen LogP contribution in [0.5, 0.6) is 0 Å². The largest absolute Gasteiger partial charge is 0.465 e. The topological polar surface area (TPSA) is 84.5 Å². The quantitative estimate of drug-likeness (QED) is 0.595. The molecule has 0 saturated carbocycles. The van der Waals surface area contributed by atoms with Gasteiger partial charge < -0.3 is 10.1 Å². The van der Waals surface area contributed by atoms with E-state index >= 15 is 0 Å². The first-order valence-corrected chi connectivity index (χ1v) is 6.91. The van der Waals surface area contributed by atoms with Crippen molar-refractivity contribution in [2.45, 2.75) is 26.3 Å². The number of carbonyl (C=O) groups excluding carboxylic acids is 1. The predicted octanol–water partition coefficient (Wildman–Crippen LogP) is -0.533. The third-order valence-electron chi connectivity index (χ3n) is 1.60.